The maximum absolute atomic E-state index is 12.6. The zero-order chi connectivity index (χ0) is 21.3. The number of rotatable bonds is 17. The third-order valence-electron chi connectivity index (χ3n) is 4.82. The van der Waals surface area contributed by atoms with Gasteiger partial charge in [0.2, 0.25) is 11.8 Å². The fourth-order valence-electron chi connectivity index (χ4n) is 3.18. The fraction of sp³-hybridized carbons (Fsp3) is 0.773. The number of hydrogen-bond acceptors (Lipinski definition) is 5. The van der Waals surface area contributed by atoms with Crippen LogP contribution in [0.15, 0.2) is 5.38 Å². The molecule has 1 aromatic rings. The van der Waals surface area contributed by atoms with E-state index in [1.54, 1.807) is 12.0 Å². The van der Waals surface area contributed by atoms with Gasteiger partial charge in [0.15, 0.2) is 5.13 Å². The molecule has 0 aliphatic rings. The summed E-state index contributed by atoms with van der Waals surface area (Å²) in [4.78, 5) is 30.8. The lowest BCUT2D eigenvalue weighted by Gasteiger charge is -2.22. The number of ether oxygens (including phenoxy) is 1. The zero-order valence-corrected chi connectivity index (χ0v) is 19.3. The lowest BCUT2D eigenvalue weighted by atomic mass is 10.1. The second kappa shape index (κ2) is 16.3. The molecular weight excluding hydrogens is 386 g/mol. The fourth-order valence-corrected chi connectivity index (χ4v) is 3.88. The average Bonchev–Trinajstić information content (AvgIpc) is 3.10. The van der Waals surface area contributed by atoms with Gasteiger partial charge in [-0.15, -0.1) is 11.3 Å². The number of carbonyl (C=O) groups excluding carboxylic acids is 2. The Morgan fingerprint density at radius 3 is 2.31 bits per heavy atom. The van der Waals surface area contributed by atoms with E-state index in [9.17, 15) is 9.59 Å². The molecule has 1 aromatic heterocycles. The Bertz CT molecular complexity index is 577. The quantitative estimate of drug-likeness (QED) is 0.349. The van der Waals surface area contributed by atoms with Gasteiger partial charge in [-0.3, -0.25) is 9.59 Å². The molecule has 0 unspecified atom stereocenters. The summed E-state index contributed by atoms with van der Waals surface area (Å²) in [5, 5.41) is 5.26. The van der Waals surface area contributed by atoms with Gasteiger partial charge in [-0.25, -0.2) is 4.98 Å². The summed E-state index contributed by atoms with van der Waals surface area (Å²) in [6.07, 6.45) is 12.2. The van der Waals surface area contributed by atoms with E-state index in [1.165, 1.54) is 56.3 Å². The van der Waals surface area contributed by atoms with Crippen molar-refractivity contribution in [3.63, 3.8) is 0 Å². The summed E-state index contributed by atoms with van der Waals surface area (Å²) < 4.78 is 5.09. The third kappa shape index (κ3) is 12.6. The molecule has 0 aliphatic carbocycles. The van der Waals surface area contributed by atoms with E-state index in [0.717, 1.165) is 25.0 Å². The molecule has 1 N–H and O–H groups in total. The molecule has 1 rings (SSSR count). The Labute approximate surface area is 180 Å². The van der Waals surface area contributed by atoms with Gasteiger partial charge < -0.3 is 15.0 Å². The van der Waals surface area contributed by atoms with Crippen LogP contribution in [0.5, 0.6) is 0 Å². The standard InChI is InChI=1S/C22H39N3O3S/c1-4-5-6-7-8-9-10-11-12-14-21(27)25(15-13-16-28-3)17-20(26)24-22-23-19(2)18-29-22/h18H,4-17H2,1-3H3,(H,23,24,26). The van der Waals surface area contributed by atoms with Gasteiger partial charge >= 0.3 is 0 Å². The van der Waals surface area contributed by atoms with E-state index < -0.39 is 0 Å². The molecule has 0 bridgehead atoms. The molecule has 6 nitrogen and oxygen atoms in total. The third-order valence-corrected chi connectivity index (χ3v) is 5.70. The SMILES string of the molecule is CCCCCCCCCCCC(=O)N(CCCOC)CC(=O)Nc1nc(C)cs1. The summed E-state index contributed by atoms with van der Waals surface area (Å²) in [6, 6.07) is 0. The number of carbonyl (C=O) groups is 2. The van der Waals surface area contributed by atoms with Crippen molar-refractivity contribution >= 4 is 28.3 Å². The largest absolute Gasteiger partial charge is 0.385 e. The Balaban J connectivity index is 2.31. The van der Waals surface area contributed by atoms with E-state index in [-0.39, 0.29) is 18.4 Å². The molecule has 0 spiro atoms. The first-order valence-electron chi connectivity index (χ1n) is 11.1. The highest BCUT2D eigenvalue weighted by atomic mass is 32.1. The van der Waals surface area contributed by atoms with Crippen LogP contribution in [0.25, 0.3) is 0 Å². The predicted octanol–water partition coefficient (Wildman–Crippen LogP) is 5.18. The highest BCUT2D eigenvalue weighted by Crippen LogP contribution is 2.15. The van der Waals surface area contributed by atoms with Crippen LogP contribution in [-0.2, 0) is 14.3 Å². The Kier molecular flexibility index (Phi) is 14.4. The van der Waals surface area contributed by atoms with Crippen molar-refractivity contribution in [2.75, 3.05) is 32.1 Å². The van der Waals surface area contributed by atoms with Crippen LogP contribution in [0.3, 0.4) is 0 Å². The monoisotopic (exact) mass is 425 g/mol. The van der Waals surface area contributed by atoms with Crippen molar-refractivity contribution in [3.8, 4) is 0 Å². The number of methoxy groups -OCH3 is 1. The molecule has 0 saturated heterocycles. The smallest absolute Gasteiger partial charge is 0.245 e. The number of amides is 2. The minimum Gasteiger partial charge on any atom is -0.385 e. The van der Waals surface area contributed by atoms with E-state index >= 15 is 0 Å². The molecule has 2 amide bonds. The first-order valence-corrected chi connectivity index (χ1v) is 11.9. The minimum atomic E-state index is -0.197. The average molecular weight is 426 g/mol. The summed E-state index contributed by atoms with van der Waals surface area (Å²) in [5.74, 6) is -0.147. The molecule has 0 atom stereocenters. The van der Waals surface area contributed by atoms with E-state index in [0.29, 0.717) is 24.7 Å². The van der Waals surface area contributed by atoms with E-state index in [2.05, 4.69) is 17.2 Å². The van der Waals surface area contributed by atoms with Gasteiger partial charge in [0.05, 0.1) is 12.2 Å². The molecule has 0 aromatic carbocycles. The molecular formula is C22H39N3O3S. The highest BCUT2D eigenvalue weighted by molar-refractivity contribution is 7.13. The van der Waals surface area contributed by atoms with Crippen LogP contribution < -0.4 is 5.32 Å². The van der Waals surface area contributed by atoms with E-state index in [4.69, 9.17) is 4.74 Å². The van der Waals surface area contributed by atoms with Gasteiger partial charge in [0, 0.05) is 32.1 Å². The molecule has 7 heteroatoms. The van der Waals surface area contributed by atoms with Crippen LogP contribution in [0.4, 0.5) is 5.13 Å². The second-order valence-electron chi connectivity index (χ2n) is 7.58. The molecule has 29 heavy (non-hydrogen) atoms. The Morgan fingerprint density at radius 1 is 1.07 bits per heavy atom. The summed E-state index contributed by atoms with van der Waals surface area (Å²) in [6.45, 7) is 5.30. The van der Waals surface area contributed by atoms with Crippen molar-refractivity contribution in [2.45, 2.75) is 84.5 Å². The number of aryl methyl sites for hydroxylation is 1. The molecule has 0 radical (unpaired) electrons. The minimum absolute atomic E-state index is 0.0505. The number of unbranched alkanes of at least 4 members (excludes halogenated alkanes) is 8. The molecule has 1 heterocycles. The maximum Gasteiger partial charge on any atom is 0.245 e. The number of nitrogens with zero attached hydrogens (tertiary/aromatic N) is 2. The van der Waals surface area contributed by atoms with E-state index in [1.807, 2.05) is 12.3 Å². The molecule has 166 valence electrons. The van der Waals surface area contributed by atoms with Crippen LogP contribution in [0.2, 0.25) is 0 Å². The zero-order valence-electron chi connectivity index (χ0n) is 18.5. The van der Waals surface area contributed by atoms with Crippen molar-refractivity contribution in [2.24, 2.45) is 0 Å². The summed E-state index contributed by atoms with van der Waals surface area (Å²) in [7, 11) is 1.64. The highest BCUT2D eigenvalue weighted by Gasteiger charge is 2.17. The van der Waals surface area contributed by atoms with Gasteiger partial charge in [0.1, 0.15) is 0 Å². The molecule has 0 fully saturated rings. The van der Waals surface area contributed by atoms with Crippen LogP contribution in [0, 0.1) is 6.92 Å². The lowest BCUT2D eigenvalue weighted by molar-refractivity contribution is -0.135. The summed E-state index contributed by atoms with van der Waals surface area (Å²) >= 11 is 1.40. The van der Waals surface area contributed by atoms with Gasteiger partial charge in [0.25, 0.3) is 0 Å². The first kappa shape index (κ1) is 25.6. The van der Waals surface area contributed by atoms with Gasteiger partial charge in [-0.1, -0.05) is 58.3 Å². The number of thiazole rings is 1. The first-order chi connectivity index (χ1) is 14.1. The van der Waals surface area contributed by atoms with Gasteiger partial charge in [-0.2, -0.15) is 0 Å². The normalized spacial score (nSPS) is 10.9. The number of anilines is 1. The Hall–Kier alpha value is -1.47. The molecule has 0 saturated carbocycles. The van der Waals surface area contributed by atoms with Crippen LogP contribution in [0.1, 0.15) is 83.2 Å². The number of aromatic nitrogens is 1. The summed E-state index contributed by atoms with van der Waals surface area (Å²) in [5.41, 5.74) is 0.878. The van der Waals surface area contributed by atoms with Gasteiger partial charge in [-0.05, 0) is 19.8 Å². The van der Waals surface area contributed by atoms with Crippen molar-refractivity contribution in [1.82, 2.24) is 9.88 Å². The molecule has 0 aliphatic heterocycles. The number of hydrogen-bond donors (Lipinski definition) is 1. The van der Waals surface area contributed by atoms with Crippen LogP contribution in [-0.4, -0.2) is 48.5 Å². The van der Waals surface area contributed by atoms with Crippen molar-refractivity contribution in [3.05, 3.63) is 11.1 Å². The van der Waals surface area contributed by atoms with Crippen molar-refractivity contribution in [1.29, 1.82) is 0 Å². The predicted molar refractivity (Wildman–Crippen MR) is 120 cm³/mol. The Morgan fingerprint density at radius 2 is 1.72 bits per heavy atom. The van der Waals surface area contributed by atoms with Crippen LogP contribution >= 0.6 is 11.3 Å². The maximum atomic E-state index is 12.6. The number of nitrogens with one attached hydrogen (secondary N) is 1. The second-order valence-corrected chi connectivity index (χ2v) is 8.44. The lowest BCUT2D eigenvalue weighted by Crippen LogP contribution is -2.39. The van der Waals surface area contributed by atoms with Crippen molar-refractivity contribution < 1.29 is 14.3 Å². The topological polar surface area (TPSA) is 71.5 Å².